The molecular weight excluding hydrogens is 254 g/mol. The van der Waals surface area contributed by atoms with Gasteiger partial charge in [-0.15, -0.1) is 0 Å². The van der Waals surface area contributed by atoms with Crippen molar-refractivity contribution in [3.63, 3.8) is 0 Å². The molecule has 106 valence electrons. The molecule has 3 rings (SSSR count). The van der Waals surface area contributed by atoms with Crippen LogP contribution in [-0.2, 0) is 20.0 Å². The van der Waals surface area contributed by atoms with Gasteiger partial charge in [-0.05, 0) is 12.1 Å². The van der Waals surface area contributed by atoms with Gasteiger partial charge in [-0.2, -0.15) is 5.10 Å². The molecule has 1 aromatic carbocycles. The number of nitrogens with zero attached hydrogens (tertiary/aromatic N) is 2. The largest absolute Gasteiger partial charge is 0.486 e. The SMILES string of the molecule is Cn1ccc(CCNCc2cccc3c2OCCO3)n1. The van der Waals surface area contributed by atoms with Crippen LogP contribution in [0.1, 0.15) is 11.3 Å². The van der Waals surface area contributed by atoms with Gasteiger partial charge in [-0.25, -0.2) is 0 Å². The highest BCUT2D eigenvalue weighted by atomic mass is 16.6. The lowest BCUT2D eigenvalue weighted by Crippen LogP contribution is -2.20. The molecule has 5 nitrogen and oxygen atoms in total. The van der Waals surface area contributed by atoms with Crippen LogP contribution in [0, 0.1) is 0 Å². The summed E-state index contributed by atoms with van der Waals surface area (Å²) in [6.07, 6.45) is 2.89. The molecule has 2 heterocycles. The van der Waals surface area contributed by atoms with E-state index < -0.39 is 0 Å². The highest BCUT2D eigenvalue weighted by molar-refractivity contribution is 5.47. The van der Waals surface area contributed by atoms with Gasteiger partial charge in [-0.1, -0.05) is 12.1 Å². The lowest BCUT2D eigenvalue weighted by atomic mass is 10.1. The van der Waals surface area contributed by atoms with Crippen molar-refractivity contribution in [3.8, 4) is 11.5 Å². The van der Waals surface area contributed by atoms with E-state index in [4.69, 9.17) is 9.47 Å². The summed E-state index contributed by atoms with van der Waals surface area (Å²) in [7, 11) is 1.94. The second-order valence-electron chi connectivity index (χ2n) is 4.85. The van der Waals surface area contributed by atoms with E-state index in [9.17, 15) is 0 Å². The minimum atomic E-state index is 0.623. The Kier molecular flexibility index (Phi) is 3.87. The maximum absolute atomic E-state index is 5.69. The zero-order valence-corrected chi connectivity index (χ0v) is 11.6. The van der Waals surface area contributed by atoms with E-state index in [1.165, 1.54) is 0 Å². The van der Waals surface area contributed by atoms with Crippen molar-refractivity contribution in [1.82, 2.24) is 15.1 Å². The van der Waals surface area contributed by atoms with Crippen LogP contribution in [0.3, 0.4) is 0 Å². The predicted octanol–water partition coefficient (Wildman–Crippen LogP) is 1.52. The number of hydrogen-bond donors (Lipinski definition) is 1. The van der Waals surface area contributed by atoms with E-state index in [-0.39, 0.29) is 0 Å². The van der Waals surface area contributed by atoms with Gasteiger partial charge in [0.25, 0.3) is 0 Å². The van der Waals surface area contributed by atoms with Gasteiger partial charge in [0.1, 0.15) is 13.2 Å². The molecule has 0 spiro atoms. The van der Waals surface area contributed by atoms with Crippen LogP contribution in [0.5, 0.6) is 11.5 Å². The third-order valence-electron chi connectivity index (χ3n) is 3.29. The van der Waals surface area contributed by atoms with Gasteiger partial charge >= 0.3 is 0 Å². The van der Waals surface area contributed by atoms with Crippen molar-refractivity contribution in [2.24, 2.45) is 7.05 Å². The standard InChI is InChI=1S/C15H19N3O2/c1-18-8-6-13(17-18)5-7-16-11-12-3-2-4-14-15(12)20-10-9-19-14/h2-4,6,8,16H,5,7,9-11H2,1H3. The third-order valence-corrected chi connectivity index (χ3v) is 3.29. The Balaban J connectivity index is 1.53. The number of benzene rings is 1. The lowest BCUT2D eigenvalue weighted by Gasteiger charge is -2.21. The number of aryl methyl sites for hydroxylation is 1. The topological polar surface area (TPSA) is 48.3 Å². The minimum absolute atomic E-state index is 0.623. The Morgan fingerprint density at radius 2 is 2.15 bits per heavy atom. The molecule has 5 heteroatoms. The van der Waals surface area contributed by atoms with E-state index in [1.807, 2.05) is 36.1 Å². The van der Waals surface area contributed by atoms with E-state index in [1.54, 1.807) is 0 Å². The molecule has 20 heavy (non-hydrogen) atoms. The summed E-state index contributed by atoms with van der Waals surface area (Å²) in [4.78, 5) is 0. The fourth-order valence-corrected chi connectivity index (χ4v) is 2.31. The summed E-state index contributed by atoms with van der Waals surface area (Å²) < 4.78 is 13.1. The van der Waals surface area contributed by atoms with Crippen LogP contribution in [0.4, 0.5) is 0 Å². The molecule has 0 bridgehead atoms. The number of hydrogen-bond acceptors (Lipinski definition) is 4. The predicted molar refractivity (Wildman–Crippen MR) is 76.1 cm³/mol. The first-order valence-corrected chi connectivity index (χ1v) is 6.89. The molecule has 0 radical (unpaired) electrons. The number of rotatable bonds is 5. The summed E-state index contributed by atoms with van der Waals surface area (Å²) in [5.41, 5.74) is 2.25. The van der Waals surface area contributed by atoms with Crippen molar-refractivity contribution in [3.05, 3.63) is 41.7 Å². The van der Waals surface area contributed by atoms with Gasteiger partial charge in [-0.3, -0.25) is 4.68 Å². The maximum atomic E-state index is 5.69. The number of nitrogens with one attached hydrogen (secondary N) is 1. The Bertz CT molecular complexity index is 580. The Hall–Kier alpha value is -2.01. The van der Waals surface area contributed by atoms with Crippen LogP contribution >= 0.6 is 0 Å². The fraction of sp³-hybridized carbons (Fsp3) is 0.400. The van der Waals surface area contributed by atoms with Crippen LogP contribution < -0.4 is 14.8 Å². The smallest absolute Gasteiger partial charge is 0.165 e. The van der Waals surface area contributed by atoms with Crippen LogP contribution in [0.25, 0.3) is 0 Å². The first-order chi connectivity index (χ1) is 9.83. The summed E-state index contributed by atoms with van der Waals surface area (Å²) in [5.74, 6) is 1.73. The Labute approximate surface area is 118 Å². The minimum Gasteiger partial charge on any atom is -0.486 e. The normalized spacial score (nSPS) is 13.4. The van der Waals surface area contributed by atoms with E-state index in [0.29, 0.717) is 13.2 Å². The highest BCUT2D eigenvalue weighted by Crippen LogP contribution is 2.33. The van der Waals surface area contributed by atoms with Gasteiger partial charge in [0.05, 0.1) is 5.69 Å². The molecule has 1 aliphatic heterocycles. The number of fused-ring (bicyclic) bond motifs is 1. The van der Waals surface area contributed by atoms with Gasteiger partial charge in [0.2, 0.25) is 0 Å². The Morgan fingerprint density at radius 1 is 1.25 bits per heavy atom. The molecule has 0 saturated heterocycles. The lowest BCUT2D eigenvalue weighted by molar-refractivity contribution is 0.169. The second-order valence-corrected chi connectivity index (χ2v) is 4.85. The summed E-state index contributed by atoms with van der Waals surface area (Å²) in [6.45, 7) is 2.92. The summed E-state index contributed by atoms with van der Waals surface area (Å²) in [6, 6.07) is 8.07. The second kappa shape index (κ2) is 5.96. The summed E-state index contributed by atoms with van der Waals surface area (Å²) >= 11 is 0. The molecule has 1 N–H and O–H groups in total. The number of para-hydroxylation sites is 1. The van der Waals surface area contributed by atoms with Crippen molar-refractivity contribution < 1.29 is 9.47 Å². The van der Waals surface area contributed by atoms with Crippen LogP contribution in [0.15, 0.2) is 30.5 Å². The van der Waals surface area contributed by atoms with Crippen molar-refractivity contribution in [2.45, 2.75) is 13.0 Å². The quantitative estimate of drug-likeness (QED) is 0.839. The number of ether oxygens (including phenoxy) is 2. The monoisotopic (exact) mass is 273 g/mol. The fourth-order valence-electron chi connectivity index (χ4n) is 2.31. The zero-order chi connectivity index (χ0) is 13.8. The van der Waals surface area contributed by atoms with Gasteiger partial charge in [0, 0.05) is 38.3 Å². The first-order valence-electron chi connectivity index (χ1n) is 6.89. The molecule has 1 aromatic heterocycles. The molecule has 0 atom stereocenters. The molecule has 0 fully saturated rings. The molecule has 0 unspecified atom stereocenters. The van der Waals surface area contributed by atoms with E-state index >= 15 is 0 Å². The Morgan fingerprint density at radius 3 is 3.00 bits per heavy atom. The van der Waals surface area contributed by atoms with Crippen molar-refractivity contribution >= 4 is 0 Å². The number of aromatic nitrogens is 2. The van der Waals surface area contributed by atoms with E-state index in [0.717, 1.165) is 42.3 Å². The average molecular weight is 273 g/mol. The van der Waals surface area contributed by atoms with E-state index in [2.05, 4.69) is 16.5 Å². The molecule has 0 saturated carbocycles. The molecule has 0 aliphatic carbocycles. The molecule has 0 amide bonds. The van der Waals surface area contributed by atoms with Gasteiger partial charge in [0.15, 0.2) is 11.5 Å². The average Bonchev–Trinajstić information content (AvgIpc) is 2.89. The van der Waals surface area contributed by atoms with Crippen molar-refractivity contribution in [1.29, 1.82) is 0 Å². The van der Waals surface area contributed by atoms with Crippen LogP contribution in [0.2, 0.25) is 0 Å². The van der Waals surface area contributed by atoms with Crippen molar-refractivity contribution in [2.75, 3.05) is 19.8 Å². The zero-order valence-electron chi connectivity index (χ0n) is 11.6. The molecule has 1 aliphatic rings. The highest BCUT2D eigenvalue weighted by Gasteiger charge is 2.14. The molecule has 2 aromatic rings. The molecular formula is C15H19N3O2. The maximum Gasteiger partial charge on any atom is 0.165 e. The van der Waals surface area contributed by atoms with Crippen LogP contribution in [-0.4, -0.2) is 29.5 Å². The van der Waals surface area contributed by atoms with Gasteiger partial charge < -0.3 is 14.8 Å². The summed E-state index contributed by atoms with van der Waals surface area (Å²) in [5, 5.41) is 7.78. The first kappa shape index (κ1) is 13.0. The third kappa shape index (κ3) is 2.93.